The predicted molar refractivity (Wildman–Crippen MR) is 70.7 cm³/mol. The van der Waals surface area contributed by atoms with Crippen molar-refractivity contribution in [2.75, 3.05) is 13.1 Å². The fourth-order valence-corrected chi connectivity index (χ4v) is 2.81. The summed E-state index contributed by atoms with van der Waals surface area (Å²) in [5.74, 6) is 0.200. The number of carbonyl (C=O) groups is 1. The van der Waals surface area contributed by atoms with Crippen LogP contribution < -0.4 is 0 Å². The smallest absolute Gasteiger partial charge is 0.254 e. The van der Waals surface area contributed by atoms with Gasteiger partial charge < -0.3 is 10.0 Å². The van der Waals surface area contributed by atoms with Crippen LogP contribution in [-0.2, 0) is 0 Å². The number of alkyl halides is 1. The molecule has 1 aliphatic rings. The number of aromatic hydroxyl groups is 1. The van der Waals surface area contributed by atoms with Crippen molar-refractivity contribution in [3.8, 4) is 5.75 Å². The number of phenolic OH excluding ortho intramolecular Hbond substituents is 1. The van der Waals surface area contributed by atoms with Crippen LogP contribution in [0.3, 0.4) is 0 Å². The van der Waals surface area contributed by atoms with Gasteiger partial charge in [0.2, 0.25) is 0 Å². The van der Waals surface area contributed by atoms with E-state index in [0.29, 0.717) is 16.0 Å². The maximum absolute atomic E-state index is 12.3. The average molecular weight is 298 g/mol. The van der Waals surface area contributed by atoms with E-state index in [1.165, 1.54) is 0 Å². The van der Waals surface area contributed by atoms with Gasteiger partial charge in [-0.25, -0.2) is 0 Å². The van der Waals surface area contributed by atoms with Crippen molar-refractivity contribution in [2.24, 2.45) is 0 Å². The lowest BCUT2D eigenvalue weighted by molar-refractivity contribution is 0.0728. The van der Waals surface area contributed by atoms with Gasteiger partial charge in [0.15, 0.2) is 0 Å². The summed E-state index contributed by atoms with van der Waals surface area (Å²) in [6.07, 6.45) is 2.14. The van der Waals surface area contributed by atoms with Crippen LogP contribution in [0.5, 0.6) is 5.75 Å². The summed E-state index contributed by atoms with van der Waals surface area (Å²) in [7, 11) is 0. The first kappa shape index (κ1) is 12.4. The van der Waals surface area contributed by atoms with Crippen molar-refractivity contribution in [1.29, 1.82) is 0 Å². The number of hydrogen-bond donors (Lipinski definition) is 1. The summed E-state index contributed by atoms with van der Waals surface area (Å²) in [5, 5.41) is 9.62. The molecule has 1 aromatic rings. The molecule has 17 heavy (non-hydrogen) atoms. The second kappa shape index (κ2) is 5.08. The van der Waals surface area contributed by atoms with E-state index in [9.17, 15) is 9.90 Å². The molecule has 1 fully saturated rings. The molecule has 1 unspecified atom stereocenters. The first-order valence-electron chi connectivity index (χ1n) is 5.81. The Balaban J connectivity index is 2.22. The first-order chi connectivity index (χ1) is 8.09. The van der Waals surface area contributed by atoms with E-state index in [4.69, 9.17) is 0 Å². The summed E-state index contributed by atoms with van der Waals surface area (Å²) >= 11 is 3.56. The van der Waals surface area contributed by atoms with Crippen LogP contribution in [0.15, 0.2) is 18.2 Å². The zero-order valence-electron chi connectivity index (χ0n) is 9.82. The SMILES string of the molecule is Cc1c(O)cccc1C(=O)N1CCCC(Br)C1. The largest absolute Gasteiger partial charge is 0.508 e. The molecule has 0 bridgehead atoms. The van der Waals surface area contributed by atoms with Gasteiger partial charge in [-0.1, -0.05) is 22.0 Å². The monoisotopic (exact) mass is 297 g/mol. The Hall–Kier alpha value is -1.03. The molecule has 1 heterocycles. The first-order valence-corrected chi connectivity index (χ1v) is 6.73. The van der Waals surface area contributed by atoms with Crippen LogP contribution >= 0.6 is 15.9 Å². The molecule has 1 atom stereocenters. The predicted octanol–water partition coefficient (Wildman–Crippen LogP) is 2.70. The number of amides is 1. The number of nitrogens with zero attached hydrogens (tertiary/aromatic N) is 1. The topological polar surface area (TPSA) is 40.5 Å². The molecular formula is C13H16BrNO2. The highest BCUT2D eigenvalue weighted by Crippen LogP contribution is 2.23. The van der Waals surface area contributed by atoms with Gasteiger partial charge in [0.1, 0.15) is 5.75 Å². The zero-order valence-corrected chi connectivity index (χ0v) is 11.4. The second-order valence-electron chi connectivity index (χ2n) is 4.44. The van der Waals surface area contributed by atoms with Gasteiger partial charge in [0.25, 0.3) is 5.91 Å². The summed E-state index contributed by atoms with van der Waals surface area (Å²) in [5.41, 5.74) is 1.26. The third-order valence-corrected chi connectivity index (χ3v) is 3.93. The number of benzene rings is 1. The van der Waals surface area contributed by atoms with Crippen LogP contribution in [-0.4, -0.2) is 33.8 Å². The number of likely N-dealkylation sites (tertiary alicyclic amines) is 1. The van der Waals surface area contributed by atoms with E-state index >= 15 is 0 Å². The van der Waals surface area contributed by atoms with Crippen molar-refractivity contribution < 1.29 is 9.90 Å². The van der Waals surface area contributed by atoms with Crippen LogP contribution in [0, 0.1) is 6.92 Å². The van der Waals surface area contributed by atoms with Gasteiger partial charge in [-0.15, -0.1) is 0 Å². The van der Waals surface area contributed by atoms with Crippen molar-refractivity contribution in [3.63, 3.8) is 0 Å². The number of rotatable bonds is 1. The Kier molecular flexibility index (Phi) is 3.72. The molecular weight excluding hydrogens is 282 g/mol. The number of phenols is 1. The Morgan fingerprint density at radius 1 is 1.53 bits per heavy atom. The molecule has 1 N–H and O–H groups in total. The Morgan fingerprint density at radius 2 is 2.29 bits per heavy atom. The Morgan fingerprint density at radius 3 is 3.00 bits per heavy atom. The quantitative estimate of drug-likeness (QED) is 0.810. The fourth-order valence-electron chi connectivity index (χ4n) is 2.14. The molecule has 0 radical (unpaired) electrons. The number of halogens is 1. The van der Waals surface area contributed by atoms with Crippen LogP contribution in [0.25, 0.3) is 0 Å². The van der Waals surface area contributed by atoms with Gasteiger partial charge in [0.05, 0.1) is 0 Å². The Bertz CT molecular complexity index is 433. The van der Waals surface area contributed by atoms with Gasteiger partial charge in [-0.3, -0.25) is 4.79 Å². The van der Waals surface area contributed by atoms with Gasteiger partial charge in [0, 0.05) is 29.0 Å². The standard InChI is InChI=1S/C13H16BrNO2/c1-9-11(5-2-6-12(9)16)13(17)15-7-3-4-10(14)8-15/h2,5-6,10,16H,3-4,7-8H2,1H3. The average Bonchev–Trinajstić information content (AvgIpc) is 2.32. The second-order valence-corrected chi connectivity index (χ2v) is 5.74. The van der Waals surface area contributed by atoms with E-state index in [-0.39, 0.29) is 11.7 Å². The van der Waals surface area contributed by atoms with Crippen LogP contribution in [0.4, 0.5) is 0 Å². The molecule has 0 saturated carbocycles. The maximum atomic E-state index is 12.3. The highest BCUT2D eigenvalue weighted by atomic mass is 79.9. The third kappa shape index (κ3) is 2.63. The number of hydrogen-bond acceptors (Lipinski definition) is 2. The van der Waals surface area contributed by atoms with Crippen LogP contribution in [0.2, 0.25) is 0 Å². The molecule has 1 aliphatic heterocycles. The van der Waals surface area contributed by atoms with Crippen LogP contribution in [0.1, 0.15) is 28.8 Å². The van der Waals surface area contributed by atoms with E-state index in [2.05, 4.69) is 15.9 Å². The summed E-state index contributed by atoms with van der Waals surface area (Å²) < 4.78 is 0. The number of piperidine rings is 1. The molecule has 3 nitrogen and oxygen atoms in total. The summed E-state index contributed by atoms with van der Waals surface area (Å²) in [4.78, 5) is 14.6. The molecule has 0 aliphatic carbocycles. The normalized spacial score (nSPS) is 20.4. The van der Waals surface area contributed by atoms with Gasteiger partial charge in [-0.2, -0.15) is 0 Å². The highest BCUT2D eigenvalue weighted by Gasteiger charge is 2.24. The van der Waals surface area contributed by atoms with E-state index in [1.54, 1.807) is 25.1 Å². The molecule has 92 valence electrons. The molecule has 2 rings (SSSR count). The summed E-state index contributed by atoms with van der Waals surface area (Å²) in [6.45, 7) is 3.32. The maximum Gasteiger partial charge on any atom is 0.254 e. The number of carbonyl (C=O) groups excluding carboxylic acids is 1. The summed E-state index contributed by atoms with van der Waals surface area (Å²) in [6, 6.07) is 5.09. The Labute approximate surface area is 110 Å². The molecule has 1 amide bonds. The molecule has 0 aromatic heterocycles. The third-order valence-electron chi connectivity index (χ3n) is 3.19. The molecule has 0 spiro atoms. The lowest BCUT2D eigenvalue weighted by Gasteiger charge is -2.30. The van der Waals surface area contributed by atoms with Crippen molar-refractivity contribution in [1.82, 2.24) is 4.90 Å². The lowest BCUT2D eigenvalue weighted by atomic mass is 10.0. The van der Waals surface area contributed by atoms with E-state index in [0.717, 1.165) is 25.9 Å². The molecule has 4 heteroatoms. The minimum Gasteiger partial charge on any atom is -0.508 e. The van der Waals surface area contributed by atoms with E-state index in [1.807, 2.05) is 4.90 Å². The van der Waals surface area contributed by atoms with E-state index < -0.39 is 0 Å². The van der Waals surface area contributed by atoms with Gasteiger partial charge in [-0.05, 0) is 31.9 Å². The fraction of sp³-hybridized carbons (Fsp3) is 0.462. The zero-order chi connectivity index (χ0) is 12.4. The van der Waals surface area contributed by atoms with Crippen molar-refractivity contribution in [2.45, 2.75) is 24.6 Å². The minimum atomic E-state index is 0.0163. The molecule has 1 saturated heterocycles. The van der Waals surface area contributed by atoms with Crippen molar-refractivity contribution >= 4 is 21.8 Å². The highest BCUT2D eigenvalue weighted by molar-refractivity contribution is 9.09. The molecule has 1 aromatic carbocycles. The van der Waals surface area contributed by atoms with Crippen molar-refractivity contribution in [3.05, 3.63) is 29.3 Å². The minimum absolute atomic E-state index is 0.0163. The lowest BCUT2D eigenvalue weighted by Crippen LogP contribution is -2.40. The van der Waals surface area contributed by atoms with Gasteiger partial charge >= 0.3 is 0 Å².